The number of nitrogens with two attached hydrogens (primary N) is 1. The molecule has 1 rings (SSSR count). The number of hydrogen-bond donors (Lipinski definition) is 2. The van der Waals surface area contributed by atoms with Gasteiger partial charge in [-0.15, -0.1) is 0 Å². The zero-order valence-electron chi connectivity index (χ0n) is 12.0. The molecule has 1 atom stereocenters. The van der Waals surface area contributed by atoms with Crippen molar-refractivity contribution in [2.75, 3.05) is 13.7 Å². The number of amides is 1. The van der Waals surface area contributed by atoms with Crippen LogP contribution < -0.4 is 15.8 Å². The summed E-state index contributed by atoms with van der Waals surface area (Å²) in [7, 11) is 1.65. The van der Waals surface area contributed by atoms with E-state index in [4.69, 9.17) is 10.5 Å². The summed E-state index contributed by atoms with van der Waals surface area (Å²) in [5, 5.41) is 2.89. The molecule has 19 heavy (non-hydrogen) atoms. The van der Waals surface area contributed by atoms with Gasteiger partial charge in [0.05, 0.1) is 12.6 Å². The SMILES string of the molecule is CCCC(C)(N)C(=O)NCCc1ccccc1OC. The summed E-state index contributed by atoms with van der Waals surface area (Å²) in [5.74, 6) is 0.755. The summed E-state index contributed by atoms with van der Waals surface area (Å²) >= 11 is 0. The van der Waals surface area contributed by atoms with Gasteiger partial charge in [0.25, 0.3) is 0 Å². The van der Waals surface area contributed by atoms with Crippen LogP contribution >= 0.6 is 0 Å². The maximum absolute atomic E-state index is 11.9. The molecule has 0 aliphatic heterocycles. The number of para-hydroxylation sites is 1. The van der Waals surface area contributed by atoms with E-state index in [2.05, 4.69) is 5.32 Å². The summed E-state index contributed by atoms with van der Waals surface area (Å²) < 4.78 is 5.27. The number of hydrogen-bond acceptors (Lipinski definition) is 3. The van der Waals surface area contributed by atoms with Crippen molar-refractivity contribution in [3.8, 4) is 5.75 Å². The molecule has 0 aliphatic rings. The Bertz CT molecular complexity index is 416. The fourth-order valence-corrected chi connectivity index (χ4v) is 2.05. The summed E-state index contributed by atoms with van der Waals surface area (Å²) in [6.07, 6.45) is 2.32. The Labute approximate surface area is 115 Å². The number of nitrogens with one attached hydrogen (secondary N) is 1. The van der Waals surface area contributed by atoms with Gasteiger partial charge in [0.2, 0.25) is 5.91 Å². The molecule has 0 saturated carbocycles. The zero-order chi connectivity index (χ0) is 14.3. The van der Waals surface area contributed by atoms with Gasteiger partial charge in [-0.2, -0.15) is 0 Å². The summed E-state index contributed by atoms with van der Waals surface area (Å²) in [6.45, 7) is 4.36. The standard InChI is InChI=1S/C15H24N2O2/c1-4-10-15(2,16)14(18)17-11-9-12-7-5-6-8-13(12)19-3/h5-8H,4,9-11,16H2,1-3H3,(H,17,18). The number of carbonyl (C=O) groups is 1. The molecular formula is C15H24N2O2. The number of benzene rings is 1. The molecular weight excluding hydrogens is 240 g/mol. The molecule has 106 valence electrons. The molecule has 0 heterocycles. The largest absolute Gasteiger partial charge is 0.496 e. The normalized spacial score (nSPS) is 13.7. The summed E-state index contributed by atoms with van der Waals surface area (Å²) in [4.78, 5) is 11.9. The fourth-order valence-electron chi connectivity index (χ4n) is 2.05. The van der Waals surface area contributed by atoms with Crippen molar-refractivity contribution < 1.29 is 9.53 Å². The van der Waals surface area contributed by atoms with E-state index in [1.807, 2.05) is 31.2 Å². The van der Waals surface area contributed by atoms with E-state index in [9.17, 15) is 4.79 Å². The average molecular weight is 264 g/mol. The van der Waals surface area contributed by atoms with Crippen molar-refractivity contribution in [2.24, 2.45) is 5.73 Å². The van der Waals surface area contributed by atoms with Crippen molar-refractivity contribution >= 4 is 5.91 Å². The average Bonchev–Trinajstić information content (AvgIpc) is 2.39. The predicted octanol–water partition coefficient (Wildman–Crippen LogP) is 1.87. The molecule has 0 aromatic heterocycles. The highest BCUT2D eigenvalue weighted by atomic mass is 16.5. The second-order valence-electron chi connectivity index (χ2n) is 4.99. The minimum Gasteiger partial charge on any atom is -0.496 e. The predicted molar refractivity (Wildman–Crippen MR) is 77.2 cm³/mol. The molecule has 1 unspecified atom stereocenters. The van der Waals surface area contributed by atoms with E-state index in [1.54, 1.807) is 14.0 Å². The summed E-state index contributed by atoms with van der Waals surface area (Å²) in [6, 6.07) is 7.81. The van der Waals surface area contributed by atoms with Crippen LogP contribution in [0.5, 0.6) is 5.75 Å². The van der Waals surface area contributed by atoms with Crippen LogP contribution in [0.15, 0.2) is 24.3 Å². The first kappa shape index (κ1) is 15.5. The first-order valence-corrected chi connectivity index (χ1v) is 6.70. The first-order valence-electron chi connectivity index (χ1n) is 6.70. The van der Waals surface area contributed by atoms with Gasteiger partial charge in [0, 0.05) is 6.54 Å². The third kappa shape index (κ3) is 4.56. The lowest BCUT2D eigenvalue weighted by molar-refractivity contribution is -0.126. The fraction of sp³-hybridized carbons (Fsp3) is 0.533. The highest BCUT2D eigenvalue weighted by Crippen LogP contribution is 2.17. The molecule has 0 fully saturated rings. The van der Waals surface area contributed by atoms with Gasteiger partial charge in [-0.1, -0.05) is 31.5 Å². The van der Waals surface area contributed by atoms with E-state index >= 15 is 0 Å². The molecule has 3 N–H and O–H groups in total. The monoisotopic (exact) mass is 264 g/mol. The zero-order valence-corrected chi connectivity index (χ0v) is 12.0. The smallest absolute Gasteiger partial charge is 0.239 e. The van der Waals surface area contributed by atoms with Gasteiger partial charge >= 0.3 is 0 Å². The Morgan fingerprint density at radius 3 is 2.74 bits per heavy atom. The summed E-state index contributed by atoms with van der Waals surface area (Å²) in [5.41, 5.74) is 6.27. The van der Waals surface area contributed by atoms with Crippen LogP contribution in [-0.4, -0.2) is 25.1 Å². The Morgan fingerprint density at radius 1 is 1.42 bits per heavy atom. The number of methoxy groups -OCH3 is 1. The lowest BCUT2D eigenvalue weighted by atomic mass is 9.96. The Kier molecular flexibility index (Phi) is 5.83. The third-order valence-electron chi connectivity index (χ3n) is 3.16. The maximum Gasteiger partial charge on any atom is 0.239 e. The topological polar surface area (TPSA) is 64.4 Å². The van der Waals surface area contributed by atoms with Crippen molar-refractivity contribution in [2.45, 2.75) is 38.6 Å². The number of carbonyl (C=O) groups excluding carboxylic acids is 1. The van der Waals surface area contributed by atoms with Crippen LogP contribution in [0.4, 0.5) is 0 Å². The lowest BCUT2D eigenvalue weighted by Gasteiger charge is -2.22. The van der Waals surface area contributed by atoms with E-state index in [1.165, 1.54) is 0 Å². The highest BCUT2D eigenvalue weighted by Gasteiger charge is 2.26. The van der Waals surface area contributed by atoms with E-state index in [-0.39, 0.29) is 5.91 Å². The van der Waals surface area contributed by atoms with Crippen LogP contribution in [-0.2, 0) is 11.2 Å². The molecule has 0 aliphatic carbocycles. The van der Waals surface area contributed by atoms with Crippen LogP contribution in [0.25, 0.3) is 0 Å². The van der Waals surface area contributed by atoms with Crippen molar-refractivity contribution in [1.29, 1.82) is 0 Å². The molecule has 1 amide bonds. The van der Waals surface area contributed by atoms with Crippen LogP contribution in [0.1, 0.15) is 32.3 Å². The van der Waals surface area contributed by atoms with Gasteiger partial charge in [0.15, 0.2) is 0 Å². The van der Waals surface area contributed by atoms with Crippen molar-refractivity contribution in [3.63, 3.8) is 0 Å². The molecule has 0 saturated heterocycles. The second-order valence-corrected chi connectivity index (χ2v) is 4.99. The van der Waals surface area contributed by atoms with E-state index in [0.717, 1.165) is 24.2 Å². The van der Waals surface area contributed by atoms with Crippen LogP contribution in [0, 0.1) is 0 Å². The maximum atomic E-state index is 11.9. The number of rotatable bonds is 7. The Balaban J connectivity index is 2.48. The molecule has 4 heteroatoms. The molecule has 1 aromatic carbocycles. The molecule has 0 bridgehead atoms. The number of ether oxygens (including phenoxy) is 1. The van der Waals surface area contributed by atoms with Crippen molar-refractivity contribution in [1.82, 2.24) is 5.32 Å². The first-order chi connectivity index (χ1) is 9.01. The van der Waals surface area contributed by atoms with E-state index < -0.39 is 5.54 Å². The van der Waals surface area contributed by atoms with E-state index in [0.29, 0.717) is 13.0 Å². The minimum absolute atomic E-state index is 0.0933. The van der Waals surface area contributed by atoms with Gasteiger partial charge in [-0.3, -0.25) is 4.79 Å². The van der Waals surface area contributed by atoms with Gasteiger partial charge in [0.1, 0.15) is 5.75 Å². The van der Waals surface area contributed by atoms with Crippen LogP contribution in [0.2, 0.25) is 0 Å². The molecule has 4 nitrogen and oxygen atoms in total. The molecule has 0 spiro atoms. The highest BCUT2D eigenvalue weighted by molar-refractivity contribution is 5.85. The molecule has 0 radical (unpaired) electrons. The molecule has 1 aromatic rings. The van der Waals surface area contributed by atoms with Crippen LogP contribution in [0.3, 0.4) is 0 Å². The Morgan fingerprint density at radius 2 is 2.11 bits per heavy atom. The van der Waals surface area contributed by atoms with Gasteiger partial charge in [-0.25, -0.2) is 0 Å². The quantitative estimate of drug-likeness (QED) is 0.790. The third-order valence-corrected chi connectivity index (χ3v) is 3.16. The lowest BCUT2D eigenvalue weighted by Crippen LogP contribution is -2.51. The Hall–Kier alpha value is -1.55. The van der Waals surface area contributed by atoms with Crippen molar-refractivity contribution in [3.05, 3.63) is 29.8 Å². The van der Waals surface area contributed by atoms with Gasteiger partial charge < -0.3 is 15.8 Å². The van der Waals surface area contributed by atoms with Gasteiger partial charge in [-0.05, 0) is 31.4 Å². The minimum atomic E-state index is -0.782. The second kappa shape index (κ2) is 7.14.